The van der Waals surface area contributed by atoms with Crippen LogP contribution in [0, 0.1) is 6.92 Å². The molecule has 1 aliphatic carbocycles. The Labute approximate surface area is 213 Å². The van der Waals surface area contributed by atoms with Crippen molar-refractivity contribution in [3.63, 3.8) is 0 Å². The van der Waals surface area contributed by atoms with E-state index in [9.17, 15) is 13.2 Å². The zero-order chi connectivity index (χ0) is 24.6. The number of sulfonamides is 1. The predicted octanol–water partition coefficient (Wildman–Crippen LogP) is 6.07. The van der Waals surface area contributed by atoms with Gasteiger partial charge in [-0.1, -0.05) is 48.0 Å². The maximum Gasteiger partial charge on any atom is 0.256 e. The quantitative estimate of drug-likeness (QED) is 0.322. The Morgan fingerprint density at radius 1 is 0.971 bits per heavy atom. The molecular formula is C27H23ClN2O3S2. The Morgan fingerprint density at radius 2 is 1.74 bits per heavy atom. The third-order valence-electron chi connectivity index (χ3n) is 6.13. The molecule has 1 heterocycles. The minimum Gasteiger partial charge on any atom is -0.322 e. The van der Waals surface area contributed by atoms with Crippen molar-refractivity contribution >= 4 is 44.6 Å². The van der Waals surface area contributed by atoms with E-state index >= 15 is 0 Å². The normalized spacial score (nSPS) is 15.1. The summed E-state index contributed by atoms with van der Waals surface area (Å²) in [6, 6.07) is 22.0. The summed E-state index contributed by atoms with van der Waals surface area (Å²) in [5.74, 6) is -0.202. The van der Waals surface area contributed by atoms with Crippen LogP contribution in [0.1, 0.15) is 27.0 Å². The van der Waals surface area contributed by atoms with Gasteiger partial charge in [-0.3, -0.25) is 4.79 Å². The number of hydrogen-bond acceptors (Lipinski definition) is 4. The number of fused-ring (bicyclic) bond motifs is 1. The molecule has 5 nitrogen and oxygen atoms in total. The van der Waals surface area contributed by atoms with Gasteiger partial charge < -0.3 is 5.32 Å². The summed E-state index contributed by atoms with van der Waals surface area (Å²) >= 11 is 7.25. The van der Waals surface area contributed by atoms with Crippen molar-refractivity contribution in [1.29, 1.82) is 0 Å². The monoisotopic (exact) mass is 522 g/mol. The first-order valence-electron chi connectivity index (χ1n) is 11.1. The summed E-state index contributed by atoms with van der Waals surface area (Å²) in [4.78, 5) is 13.3. The summed E-state index contributed by atoms with van der Waals surface area (Å²) in [5, 5.41) is 5.41. The van der Waals surface area contributed by atoms with Gasteiger partial charge in [-0.05, 0) is 89.4 Å². The molecule has 0 saturated heterocycles. The summed E-state index contributed by atoms with van der Waals surface area (Å²) < 4.78 is 28.3. The van der Waals surface area contributed by atoms with Gasteiger partial charge in [0.15, 0.2) is 0 Å². The molecule has 1 amide bonds. The summed E-state index contributed by atoms with van der Waals surface area (Å²) in [6.45, 7) is 1.98. The van der Waals surface area contributed by atoms with Crippen molar-refractivity contribution in [2.24, 2.45) is 0 Å². The molecule has 0 fully saturated rings. The zero-order valence-electron chi connectivity index (χ0n) is 18.9. The number of halogens is 1. The van der Waals surface area contributed by atoms with E-state index in [0.717, 1.165) is 27.8 Å². The largest absolute Gasteiger partial charge is 0.322 e. The van der Waals surface area contributed by atoms with Gasteiger partial charge in [0.2, 0.25) is 10.0 Å². The second-order valence-corrected chi connectivity index (χ2v) is 11.9. The van der Waals surface area contributed by atoms with Gasteiger partial charge in [-0.25, -0.2) is 13.1 Å². The molecule has 0 bridgehead atoms. The molecule has 1 aliphatic rings. The predicted molar refractivity (Wildman–Crippen MR) is 142 cm³/mol. The molecule has 5 rings (SSSR count). The highest BCUT2D eigenvalue weighted by atomic mass is 35.5. The molecule has 1 aromatic heterocycles. The van der Waals surface area contributed by atoms with E-state index in [1.165, 1.54) is 11.3 Å². The van der Waals surface area contributed by atoms with E-state index in [-0.39, 0.29) is 11.9 Å². The van der Waals surface area contributed by atoms with Gasteiger partial charge in [-0.2, -0.15) is 0 Å². The molecule has 0 spiro atoms. The fourth-order valence-electron chi connectivity index (χ4n) is 4.53. The Hall–Kier alpha value is -2.97. The van der Waals surface area contributed by atoms with Crippen LogP contribution >= 0.6 is 22.9 Å². The number of carbonyl (C=O) groups excluding carboxylic acids is 1. The lowest BCUT2D eigenvalue weighted by atomic mass is 9.94. The first-order chi connectivity index (χ1) is 16.8. The summed E-state index contributed by atoms with van der Waals surface area (Å²) in [7, 11) is -3.53. The van der Waals surface area contributed by atoms with Crippen molar-refractivity contribution in [2.45, 2.75) is 30.0 Å². The number of benzene rings is 3. The highest BCUT2D eigenvalue weighted by Gasteiger charge is 2.27. The maximum atomic E-state index is 13.3. The van der Waals surface area contributed by atoms with E-state index in [1.807, 2.05) is 67.6 Å². The van der Waals surface area contributed by atoms with Crippen LogP contribution in [0.5, 0.6) is 0 Å². The molecular weight excluding hydrogens is 500 g/mol. The topological polar surface area (TPSA) is 75.3 Å². The Bertz CT molecular complexity index is 1500. The van der Waals surface area contributed by atoms with Gasteiger partial charge in [-0.15, -0.1) is 11.3 Å². The summed E-state index contributed by atoms with van der Waals surface area (Å²) in [6.07, 6.45) is 1.19. The Balaban J connectivity index is 1.34. The van der Waals surface area contributed by atoms with Crippen molar-refractivity contribution in [3.05, 3.63) is 105 Å². The number of anilines is 1. The standard InChI is InChI=1S/C27H23ClN2O3S2/c1-17-4-2-5-24(26(17)18-7-10-21(28)11-8-18)27(31)29-22-12-9-19-14-23(16-20(19)15-22)30-35(32,33)25-6-3-13-34-25/h2-13,15,23,30H,14,16H2,1H3,(H,29,31)/t23-/m0/s1. The molecule has 2 N–H and O–H groups in total. The first kappa shape index (κ1) is 23.8. The number of hydrogen-bond donors (Lipinski definition) is 2. The molecule has 0 aliphatic heterocycles. The SMILES string of the molecule is Cc1cccc(C(=O)Nc2ccc3c(c2)C[C@@H](NS(=O)(=O)c2cccs2)C3)c1-c1ccc(Cl)cc1. The molecule has 35 heavy (non-hydrogen) atoms. The van der Waals surface area contributed by atoms with Crippen LogP contribution < -0.4 is 10.0 Å². The molecule has 8 heteroatoms. The van der Waals surface area contributed by atoms with Crippen LogP contribution in [-0.4, -0.2) is 20.4 Å². The van der Waals surface area contributed by atoms with Gasteiger partial charge in [0, 0.05) is 22.3 Å². The van der Waals surface area contributed by atoms with Crippen LogP contribution in [0.15, 0.2) is 82.4 Å². The van der Waals surface area contributed by atoms with Crippen LogP contribution in [0.3, 0.4) is 0 Å². The Morgan fingerprint density at radius 3 is 2.49 bits per heavy atom. The van der Waals surface area contributed by atoms with Gasteiger partial charge in [0.25, 0.3) is 5.91 Å². The number of rotatable bonds is 6. The van der Waals surface area contributed by atoms with Gasteiger partial charge in [0.05, 0.1) is 0 Å². The van der Waals surface area contributed by atoms with E-state index in [0.29, 0.717) is 33.3 Å². The van der Waals surface area contributed by atoms with Crippen molar-refractivity contribution in [2.75, 3.05) is 5.32 Å². The van der Waals surface area contributed by atoms with Gasteiger partial charge >= 0.3 is 0 Å². The number of amides is 1. The van der Waals surface area contributed by atoms with Gasteiger partial charge in [0.1, 0.15) is 4.21 Å². The molecule has 4 aromatic rings. The van der Waals surface area contributed by atoms with E-state index in [1.54, 1.807) is 17.5 Å². The number of carbonyl (C=O) groups is 1. The van der Waals surface area contributed by atoms with E-state index in [2.05, 4.69) is 10.0 Å². The minimum atomic E-state index is -3.53. The number of thiophene rings is 1. The van der Waals surface area contributed by atoms with Crippen LogP contribution in [0.2, 0.25) is 5.02 Å². The van der Waals surface area contributed by atoms with E-state index in [4.69, 9.17) is 11.6 Å². The van der Waals surface area contributed by atoms with E-state index < -0.39 is 10.0 Å². The number of nitrogens with one attached hydrogen (secondary N) is 2. The smallest absolute Gasteiger partial charge is 0.256 e. The molecule has 3 aromatic carbocycles. The highest BCUT2D eigenvalue weighted by Crippen LogP contribution is 2.31. The fraction of sp³-hybridized carbons (Fsp3) is 0.148. The molecule has 0 saturated carbocycles. The number of aryl methyl sites for hydroxylation is 1. The minimum absolute atomic E-state index is 0.202. The van der Waals surface area contributed by atoms with Crippen molar-refractivity contribution < 1.29 is 13.2 Å². The van der Waals surface area contributed by atoms with Crippen LogP contribution in [-0.2, 0) is 22.9 Å². The molecule has 1 atom stereocenters. The Kier molecular flexibility index (Phi) is 6.51. The average molecular weight is 523 g/mol. The lowest BCUT2D eigenvalue weighted by Gasteiger charge is -2.14. The van der Waals surface area contributed by atoms with Crippen LogP contribution in [0.4, 0.5) is 5.69 Å². The lowest BCUT2D eigenvalue weighted by molar-refractivity contribution is 0.102. The molecule has 0 unspecified atom stereocenters. The van der Waals surface area contributed by atoms with Crippen molar-refractivity contribution in [3.8, 4) is 11.1 Å². The fourth-order valence-corrected chi connectivity index (χ4v) is 6.90. The average Bonchev–Trinajstić information content (AvgIpc) is 3.49. The summed E-state index contributed by atoms with van der Waals surface area (Å²) in [5.41, 5.74) is 6.16. The first-order valence-corrected chi connectivity index (χ1v) is 13.9. The third-order valence-corrected chi connectivity index (χ3v) is 9.30. The second-order valence-electron chi connectivity index (χ2n) is 8.60. The highest BCUT2D eigenvalue weighted by molar-refractivity contribution is 7.91. The maximum absolute atomic E-state index is 13.3. The molecule has 178 valence electrons. The van der Waals surface area contributed by atoms with Crippen molar-refractivity contribution in [1.82, 2.24) is 4.72 Å². The molecule has 0 radical (unpaired) electrons. The van der Waals surface area contributed by atoms with Crippen LogP contribution in [0.25, 0.3) is 11.1 Å². The lowest BCUT2D eigenvalue weighted by Crippen LogP contribution is -2.34. The second kappa shape index (κ2) is 9.59. The third kappa shape index (κ3) is 5.04. The zero-order valence-corrected chi connectivity index (χ0v) is 21.3.